The van der Waals surface area contributed by atoms with E-state index >= 15 is 0 Å². The zero-order valence-electron chi connectivity index (χ0n) is 35.9. The topological polar surface area (TPSA) is 193 Å². The molecule has 0 aliphatic carbocycles. The van der Waals surface area contributed by atoms with Gasteiger partial charge in [-0.1, -0.05) is 18.2 Å². The van der Waals surface area contributed by atoms with Crippen LogP contribution in [-0.4, -0.2) is 137 Å². The molecule has 0 radical (unpaired) electrons. The van der Waals surface area contributed by atoms with E-state index in [1.165, 1.54) is 38.8 Å². The van der Waals surface area contributed by atoms with E-state index in [0.29, 0.717) is 66.3 Å². The van der Waals surface area contributed by atoms with Gasteiger partial charge in [0.1, 0.15) is 35.5 Å². The van der Waals surface area contributed by atoms with E-state index in [0.717, 1.165) is 73.9 Å². The summed E-state index contributed by atoms with van der Waals surface area (Å²) in [6.45, 7) is 9.06. The van der Waals surface area contributed by atoms with E-state index in [9.17, 15) is 19.2 Å². The minimum atomic E-state index is -0.591. The van der Waals surface area contributed by atoms with Crippen molar-refractivity contribution in [2.45, 2.75) is 57.2 Å². The molecule has 4 saturated heterocycles. The molecule has 1 atom stereocenters. The number of rotatable bonds is 11. The van der Waals surface area contributed by atoms with Crippen molar-refractivity contribution in [1.29, 1.82) is 5.41 Å². The van der Waals surface area contributed by atoms with E-state index in [2.05, 4.69) is 42.3 Å². The third kappa shape index (κ3) is 10.5. The second-order valence-electron chi connectivity index (χ2n) is 17.1. The first-order valence-electron chi connectivity index (χ1n) is 22.0. The Morgan fingerprint density at radius 1 is 0.873 bits per heavy atom. The minimum absolute atomic E-state index is 0.160. The zero-order valence-corrected chi connectivity index (χ0v) is 35.9. The molecule has 1 unspecified atom stereocenters. The number of likely N-dealkylation sites (tertiary alicyclic amines) is 2. The number of anilines is 3. The normalized spacial score (nSPS) is 20.1. The molecule has 5 N–H and O–H groups in total. The molecule has 4 fully saturated rings. The Balaban J connectivity index is 0.000000184. The van der Waals surface area contributed by atoms with Crippen molar-refractivity contribution in [3.8, 4) is 11.5 Å². The van der Waals surface area contributed by atoms with Gasteiger partial charge in [0, 0.05) is 81.6 Å². The molecular formula is C47H57N11O5. The number of hydrogen-bond donors (Lipinski definition) is 4. The standard InChI is InChI=1S/C29H37N7O.C18H20N4O4/c1-35-15-11-21(12-16-35)19-36-17-13-23(14-18-36)34-29-26(28(31)32-20-33-29)27(30)22-7-9-25(10-8-22)37-24-5-3-2-4-6-24;23-11-20-5-7-21(8-6-20)13-1-2-14-12(9-13)10-22(18(14)26)15-3-4-16(24)19-17(15)25/h2-10,20-21,23,30H,11-19H2,1H3,(H3,31,32,33,34);1-2,9,11,15H,3-8,10H2,(H,19,24,25). The summed E-state index contributed by atoms with van der Waals surface area (Å²) in [5.74, 6) is 2.41. The van der Waals surface area contributed by atoms with Crippen LogP contribution in [0.25, 0.3) is 0 Å². The zero-order chi connectivity index (χ0) is 43.9. The van der Waals surface area contributed by atoms with Crippen molar-refractivity contribution in [3.05, 3.63) is 101 Å². The van der Waals surface area contributed by atoms with E-state index in [4.69, 9.17) is 15.9 Å². The number of imide groups is 1. The number of piperidine rings is 3. The molecule has 330 valence electrons. The molecule has 1 aromatic heterocycles. The summed E-state index contributed by atoms with van der Waals surface area (Å²) in [5.41, 5.74) is 10.4. The number of benzene rings is 3. The van der Waals surface area contributed by atoms with Gasteiger partial charge >= 0.3 is 0 Å². The average molecular weight is 856 g/mol. The van der Waals surface area contributed by atoms with Crippen molar-refractivity contribution in [1.82, 2.24) is 34.9 Å². The Bertz CT molecular complexity index is 2270. The van der Waals surface area contributed by atoms with Crippen molar-refractivity contribution in [2.24, 2.45) is 5.92 Å². The summed E-state index contributed by atoms with van der Waals surface area (Å²) in [6.07, 6.45) is 7.67. The van der Waals surface area contributed by atoms with Gasteiger partial charge in [0.25, 0.3) is 5.91 Å². The van der Waals surface area contributed by atoms with Crippen molar-refractivity contribution in [2.75, 3.05) is 81.9 Å². The molecule has 0 saturated carbocycles. The van der Waals surface area contributed by atoms with Gasteiger partial charge in [0.2, 0.25) is 18.2 Å². The third-order valence-electron chi connectivity index (χ3n) is 12.9. The second kappa shape index (κ2) is 19.8. The lowest BCUT2D eigenvalue weighted by atomic mass is 9.95. The Hall–Kier alpha value is -6.39. The van der Waals surface area contributed by atoms with Crippen LogP contribution in [0.15, 0.2) is 79.1 Å². The summed E-state index contributed by atoms with van der Waals surface area (Å²) in [5, 5.41) is 14.8. The number of fused-ring (bicyclic) bond motifs is 1. The Kier molecular flexibility index (Phi) is 13.6. The lowest BCUT2D eigenvalue weighted by Crippen LogP contribution is -2.52. The van der Waals surface area contributed by atoms with Gasteiger partial charge in [-0.05, 0) is 118 Å². The maximum atomic E-state index is 12.7. The number of nitrogens with zero attached hydrogens (tertiary/aromatic N) is 7. The number of aromatic nitrogens is 2. The van der Waals surface area contributed by atoms with E-state index in [1.54, 1.807) is 9.80 Å². The number of carbonyl (C=O) groups is 4. The SMILES string of the molecule is CN1CCC(CN2CCC(Nc3ncnc(N)c3C(=N)c3ccc(Oc4ccccc4)cc3)CC2)CC1.O=CN1CCN(c2ccc3c(c2)CN(C2CCC(=O)NC2=O)C3=O)CC1. The fourth-order valence-corrected chi connectivity index (χ4v) is 9.12. The highest BCUT2D eigenvalue weighted by Gasteiger charge is 2.39. The summed E-state index contributed by atoms with van der Waals surface area (Å²) >= 11 is 0. The molecule has 4 aromatic rings. The first-order chi connectivity index (χ1) is 30.6. The molecule has 0 spiro atoms. The lowest BCUT2D eigenvalue weighted by Gasteiger charge is -2.37. The third-order valence-corrected chi connectivity index (χ3v) is 12.9. The number of ether oxygens (including phenoxy) is 1. The van der Waals surface area contributed by atoms with Crippen LogP contribution < -0.4 is 26.0 Å². The lowest BCUT2D eigenvalue weighted by molar-refractivity contribution is -0.137. The first kappa shape index (κ1) is 43.3. The molecule has 63 heavy (non-hydrogen) atoms. The summed E-state index contributed by atoms with van der Waals surface area (Å²) < 4.78 is 5.89. The highest BCUT2D eigenvalue weighted by atomic mass is 16.5. The fraction of sp³-hybridized carbons (Fsp3) is 0.426. The molecule has 9 rings (SSSR count). The number of piperazine rings is 1. The van der Waals surface area contributed by atoms with E-state index < -0.39 is 11.9 Å². The summed E-state index contributed by atoms with van der Waals surface area (Å²) in [6, 6.07) is 22.6. The highest BCUT2D eigenvalue weighted by Crippen LogP contribution is 2.32. The maximum absolute atomic E-state index is 12.7. The number of amides is 4. The van der Waals surface area contributed by atoms with Crippen LogP contribution in [0.1, 0.15) is 65.6 Å². The molecule has 4 amide bonds. The molecule has 5 aliphatic heterocycles. The molecule has 0 bridgehead atoms. The number of hydrogen-bond acceptors (Lipinski definition) is 13. The number of nitrogen functional groups attached to an aromatic ring is 1. The number of para-hydroxylation sites is 1. The van der Waals surface area contributed by atoms with Gasteiger partial charge in [-0.15, -0.1) is 0 Å². The quantitative estimate of drug-likeness (QED) is 0.0956. The molecule has 16 heteroatoms. The summed E-state index contributed by atoms with van der Waals surface area (Å²) in [7, 11) is 2.22. The highest BCUT2D eigenvalue weighted by molar-refractivity contribution is 6.16. The number of nitrogens with one attached hydrogen (secondary N) is 3. The van der Waals surface area contributed by atoms with Crippen LogP contribution >= 0.6 is 0 Å². The van der Waals surface area contributed by atoms with Crippen molar-refractivity contribution in [3.63, 3.8) is 0 Å². The fourth-order valence-electron chi connectivity index (χ4n) is 9.12. The van der Waals surface area contributed by atoms with Crippen LogP contribution in [-0.2, 0) is 20.9 Å². The van der Waals surface area contributed by atoms with Crippen molar-refractivity contribution >= 4 is 47.2 Å². The Morgan fingerprint density at radius 3 is 2.29 bits per heavy atom. The molecule has 6 heterocycles. The molecular weight excluding hydrogens is 799 g/mol. The van der Waals surface area contributed by atoms with Crippen LogP contribution in [0.4, 0.5) is 17.3 Å². The first-order valence-corrected chi connectivity index (χ1v) is 22.0. The molecule has 3 aromatic carbocycles. The largest absolute Gasteiger partial charge is 0.457 e. The number of carbonyl (C=O) groups excluding carboxylic acids is 4. The van der Waals surface area contributed by atoms with Gasteiger partial charge in [0.05, 0.1) is 11.3 Å². The maximum Gasteiger partial charge on any atom is 0.255 e. The predicted molar refractivity (Wildman–Crippen MR) is 241 cm³/mol. The van der Waals surface area contributed by atoms with Crippen molar-refractivity contribution < 1.29 is 23.9 Å². The number of nitrogens with two attached hydrogens (primary N) is 1. The minimum Gasteiger partial charge on any atom is -0.457 e. The molecule has 16 nitrogen and oxygen atoms in total. The van der Waals surface area contributed by atoms with Crippen LogP contribution in [0.2, 0.25) is 0 Å². The Morgan fingerprint density at radius 2 is 1.59 bits per heavy atom. The predicted octanol–water partition coefficient (Wildman–Crippen LogP) is 4.21. The van der Waals surface area contributed by atoms with E-state index in [1.807, 2.05) is 72.8 Å². The van der Waals surface area contributed by atoms with Gasteiger partial charge in [-0.25, -0.2) is 9.97 Å². The van der Waals surface area contributed by atoms with Gasteiger partial charge in [-0.2, -0.15) is 0 Å². The van der Waals surface area contributed by atoms with Gasteiger partial charge in [-0.3, -0.25) is 29.9 Å². The summed E-state index contributed by atoms with van der Waals surface area (Å²) in [4.78, 5) is 66.2. The molecule has 5 aliphatic rings. The second-order valence-corrected chi connectivity index (χ2v) is 17.1. The van der Waals surface area contributed by atoms with Gasteiger partial charge in [0.15, 0.2) is 0 Å². The van der Waals surface area contributed by atoms with Crippen LogP contribution in [0.3, 0.4) is 0 Å². The van der Waals surface area contributed by atoms with E-state index in [-0.39, 0.29) is 18.2 Å². The monoisotopic (exact) mass is 855 g/mol. The average Bonchev–Trinajstić information content (AvgIpc) is 3.63. The van der Waals surface area contributed by atoms with Gasteiger partial charge < -0.3 is 40.3 Å². The van der Waals surface area contributed by atoms with Crippen LogP contribution in [0, 0.1) is 11.3 Å². The van der Waals surface area contributed by atoms with Crippen LogP contribution in [0.5, 0.6) is 11.5 Å². The smallest absolute Gasteiger partial charge is 0.255 e. The Labute approximate surface area is 368 Å².